The van der Waals surface area contributed by atoms with Gasteiger partial charge in [0, 0.05) is 10.9 Å². The highest BCUT2D eigenvalue weighted by Gasteiger charge is 2.22. The van der Waals surface area contributed by atoms with Crippen molar-refractivity contribution in [2.45, 2.75) is 38.1 Å². The van der Waals surface area contributed by atoms with Gasteiger partial charge in [-0.1, -0.05) is 6.07 Å². The topological polar surface area (TPSA) is 12.0 Å². The first-order valence-electron chi connectivity index (χ1n) is 5.58. The van der Waals surface area contributed by atoms with Gasteiger partial charge in [0.15, 0.2) is 0 Å². The minimum absolute atomic E-state index is 0.795. The van der Waals surface area contributed by atoms with Gasteiger partial charge >= 0.3 is 0 Å². The van der Waals surface area contributed by atoms with E-state index in [0.717, 1.165) is 12.0 Å². The first-order valence-corrected chi connectivity index (χ1v) is 6.46. The molecule has 1 N–H and O–H groups in total. The van der Waals surface area contributed by atoms with Gasteiger partial charge in [0.2, 0.25) is 0 Å². The molecule has 2 atom stereocenters. The molecule has 1 aromatic rings. The SMILES string of the molecule is CNC1CCC(CCc2cccs2)C1. The van der Waals surface area contributed by atoms with Gasteiger partial charge in [0.25, 0.3) is 0 Å². The predicted molar refractivity (Wildman–Crippen MR) is 62.8 cm³/mol. The molecule has 2 unspecified atom stereocenters. The molecule has 1 fully saturated rings. The first-order chi connectivity index (χ1) is 6.88. The van der Waals surface area contributed by atoms with Gasteiger partial charge in [0.1, 0.15) is 0 Å². The molecule has 0 bridgehead atoms. The number of hydrogen-bond donors (Lipinski definition) is 1. The third kappa shape index (κ3) is 2.58. The van der Waals surface area contributed by atoms with E-state index in [0.29, 0.717) is 0 Å². The molecule has 2 heteroatoms. The molecule has 1 nitrogen and oxygen atoms in total. The minimum Gasteiger partial charge on any atom is -0.317 e. The maximum absolute atomic E-state index is 3.39. The highest BCUT2D eigenvalue weighted by molar-refractivity contribution is 7.09. The Morgan fingerprint density at radius 3 is 3.07 bits per heavy atom. The molecule has 0 aliphatic heterocycles. The molecule has 1 aliphatic rings. The zero-order valence-electron chi connectivity index (χ0n) is 8.83. The zero-order valence-corrected chi connectivity index (χ0v) is 9.65. The van der Waals surface area contributed by atoms with Gasteiger partial charge in [-0.2, -0.15) is 0 Å². The van der Waals surface area contributed by atoms with Crippen molar-refractivity contribution in [1.29, 1.82) is 0 Å². The van der Waals surface area contributed by atoms with Gasteiger partial charge in [-0.25, -0.2) is 0 Å². The summed E-state index contributed by atoms with van der Waals surface area (Å²) in [4.78, 5) is 1.55. The molecule has 0 spiro atoms. The molecule has 78 valence electrons. The molecular weight excluding hydrogens is 190 g/mol. The van der Waals surface area contributed by atoms with Gasteiger partial charge in [-0.15, -0.1) is 11.3 Å². The van der Waals surface area contributed by atoms with Crippen molar-refractivity contribution in [3.8, 4) is 0 Å². The Morgan fingerprint density at radius 1 is 1.50 bits per heavy atom. The second-order valence-corrected chi connectivity index (χ2v) is 5.31. The van der Waals surface area contributed by atoms with E-state index in [1.807, 2.05) is 11.3 Å². The van der Waals surface area contributed by atoms with E-state index < -0.39 is 0 Å². The van der Waals surface area contributed by atoms with Crippen LogP contribution in [0.25, 0.3) is 0 Å². The van der Waals surface area contributed by atoms with Crippen LogP contribution in [0.15, 0.2) is 17.5 Å². The minimum atomic E-state index is 0.795. The number of nitrogens with one attached hydrogen (secondary N) is 1. The average molecular weight is 209 g/mol. The Labute approximate surface area is 90.5 Å². The van der Waals surface area contributed by atoms with Crippen molar-refractivity contribution < 1.29 is 0 Å². The van der Waals surface area contributed by atoms with Gasteiger partial charge in [-0.3, -0.25) is 0 Å². The fourth-order valence-corrected chi connectivity index (χ4v) is 3.13. The van der Waals surface area contributed by atoms with Crippen LogP contribution in [0.5, 0.6) is 0 Å². The largest absolute Gasteiger partial charge is 0.317 e. The van der Waals surface area contributed by atoms with Crippen molar-refractivity contribution in [3.63, 3.8) is 0 Å². The Kier molecular flexibility index (Phi) is 3.60. The standard InChI is InChI=1S/C12H19NS/c1-13-11-6-4-10(9-11)5-7-12-3-2-8-14-12/h2-3,8,10-11,13H,4-7,9H2,1H3. The summed E-state index contributed by atoms with van der Waals surface area (Å²) in [6.45, 7) is 0. The maximum atomic E-state index is 3.39. The third-order valence-corrected chi connectivity index (χ3v) is 4.26. The van der Waals surface area contributed by atoms with Crippen LogP contribution in [0.1, 0.15) is 30.6 Å². The van der Waals surface area contributed by atoms with Crippen LogP contribution in [0.2, 0.25) is 0 Å². The van der Waals surface area contributed by atoms with E-state index in [2.05, 4.69) is 29.9 Å². The number of hydrogen-bond acceptors (Lipinski definition) is 2. The highest BCUT2D eigenvalue weighted by atomic mass is 32.1. The van der Waals surface area contributed by atoms with Crippen molar-refractivity contribution in [3.05, 3.63) is 22.4 Å². The molecule has 14 heavy (non-hydrogen) atoms. The lowest BCUT2D eigenvalue weighted by Crippen LogP contribution is -2.21. The molecule has 0 aromatic carbocycles. The Morgan fingerprint density at radius 2 is 2.43 bits per heavy atom. The molecular formula is C12H19NS. The van der Waals surface area contributed by atoms with Gasteiger partial charge in [0.05, 0.1) is 0 Å². The fraction of sp³-hybridized carbons (Fsp3) is 0.667. The summed E-state index contributed by atoms with van der Waals surface area (Å²) >= 11 is 1.90. The van der Waals surface area contributed by atoms with E-state index in [9.17, 15) is 0 Å². The van der Waals surface area contributed by atoms with Crippen LogP contribution in [0, 0.1) is 5.92 Å². The second-order valence-electron chi connectivity index (χ2n) is 4.28. The molecule has 1 heterocycles. The molecule has 1 aliphatic carbocycles. The molecule has 2 rings (SSSR count). The normalized spacial score (nSPS) is 26.9. The number of aryl methyl sites for hydroxylation is 1. The van der Waals surface area contributed by atoms with Crippen LogP contribution in [0.3, 0.4) is 0 Å². The van der Waals surface area contributed by atoms with Gasteiger partial charge in [-0.05, 0) is 56.5 Å². The zero-order chi connectivity index (χ0) is 9.80. The summed E-state index contributed by atoms with van der Waals surface area (Å²) in [5.41, 5.74) is 0. The molecule has 1 saturated carbocycles. The fourth-order valence-electron chi connectivity index (χ4n) is 2.40. The van der Waals surface area contributed by atoms with E-state index in [1.165, 1.54) is 32.1 Å². The van der Waals surface area contributed by atoms with Crippen LogP contribution in [-0.2, 0) is 6.42 Å². The first kappa shape index (κ1) is 10.2. The number of thiophene rings is 1. The van der Waals surface area contributed by atoms with Crippen molar-refractivity contribution in [2.75, 3.05) is 7.05 Å². The smallest absolute Gasteiger partial charge is 0.00668 e. The van der Waals surface area contributed by atoms with Crippen LogP contribution >= 0.6 is 11.3 Å². The predicted octanol–water partition coefficient (Wildman–Crippen LogP) is 3.07. The van der Waals surface area contributed by atoms with Crippen LogP contribution in [0.4, 0.5) is 0 Å². The van der Waals surface area contributed by atoms with E-state index >= 15 is 0 Å². The lowest BCUT2D eigenvalue weighted by Gasteiger charge is -2.09. The highest BCUT2D eigenvalue weighted by Crippen LogP contribution is 2.29. The number of rotatable bonds is 4. The van der Waals surface area contributed by atoms with Crippen LogP contribution in [-0.4, -0.2) is 13.1 Å². The summed E-state index contributed by atoms with van der Waals surface area (Å²) in [5.74, 6) is 0.967. The Bertz CT molecular complexity index is 255. The maximum Gasteiger partial charge on any atom is 0.00668 e. The summed E-state index contributed by atoms with van der Waals surface area (Å²) in [5, 5.41) is 5.57. The second kappa shape index (κ2) is 4.94. The summed E-state index contributed by atoms with van der Waals surface area (Å²) < 4.78 is 0. The summed E-state index contributed by atoms with van der Waals surface area (Å²) in [6, 6.07) is 5.21. The molecule has 1 aromatic heterocycles. The van der Waals surface area contributed by atoms with Gasteiger partial charge < -0.3 is 5.32 Å². The van der Waals surface area contributed by atoms with E-state index in [1.54, 1.807) is 4.88 Å². The van der Waals surface area contributed by atoms with Crippen molar-refractivity contribution in [1.82, 2.24) is 5.32 Å². The van der Waals surface area contributed by atoms with E-state index in [4.69, 9.17) is 0 Å². The monoisotopic (exact) mass is 209 g/mol. The van der Waals surface area contributed by atoms with E-state index in [-0.39, 0.29) is 0 Å². The van der Waals surface area contributed by atoms with Crippen molar-refractivity contribution in [2.24, 2.45) is 5.92 Å². The Balaban J connectivity index is 1.72. The molecule has 0 amide bonds. The molecule has 0 saturated heterocycles. The Hall–Kier alpha value is -0.340. The van der Waals surface area contributed by atoms with Crippen LogP contribution < -0.4 is 5.32 Å². The summed E-state index contributed by atoms with van der Waals surface area (Å²) in [7, 11) is 2.09. The quantitative estimate of drug-likeness (QED) is 0.803. The van der Waals surface area contributed by atoms with Crippen molar-refractivity contribution >= 4 is 11.3 Å². The molecule has 0 radical (unpaired) electrons. The summed E-state index contributed by atoms with van der Waals surface area (Å²) in [6.07, 6.45) is 6.88. The average Bonchev–Trinajstić information content (AvgIpc) is 2.86. The third-order valence-electron chi connectivity index (χ3n) is 3.33. The lowest BCUT2D eigenvalue weighted by molar-refractivity contribution is 0.481. The lowest BCUT2D eigenvalue weighted by atomic mass is 10.0.